The first-order chi connectivity index (χ1) is 14.1. The van der Waals surface area contributed by atoms with Crippen molar-refractivity contribution in [1.82, 2.24) is 14.8 Å². The Morgan fingerprint density at radius 1 is 1.14 bits per heavy atom. The Kier molecular flexibility index (Phi) is 5.44. The van der Waals surface area contributed by atoms with Gasteiger partial charge in [0.25, 0.3) is 0 Å². The number of anilines is 1. The van der Waals surface area contributed by atoms with Gasteiger partial charge in [-0.15, -0.1) is 10.2 Å². The highest BCUT2D eigenvalue weighted by molar-refractivity contribution is 7.99. The Hall–Kier alpha value is -3.39. The Bertz CT molecular complexity index is 1120. The third-order valence-electron chi connectivity index (χ3n) is 4.11. The van der Waals surface area contributed by atoms with Crippen molar-refractivity contribution in [3.63, 3.8) is 0 Å². The number of aryl methyl sites for hydroxylation is 1. The van der Waals surface area contributed by atoms with Gasteiger partial charge in [0.15, 0.2) is 10.9 Å². The Morgan fingerprint density at radius 3 is 2.69 bits per heavy atom. The molecule has 0 saturated heterocycles. The molecule has 0 fully saturated rings. The van der Waals surface area contributed by atoms with Gasteiger partial charge in [-0.3, -0.25) is 9.36 Å². The Labute approximate surface area is 170 Å². The summed E-state index contributed by atoms with van der Waals surface area (Å²) >= 11 is 1.24. The van der Waals surface area contributed by atoms with Crippen molar-refractivity contribution in [3.05, 3.63) is 78.3 Å². The van der Waals surface area contributed by atoms with Crippen molar-refractivity contribution in [2.24, 2.45) is 0 Å². The van der Waals surface area contributed by atoms with Gasteiger partial charge in [-0.1, -0.05) is 35.5 Å². The topological polar surface area (TPSA) is 73.0 Å². The van der Waals surface area contributed by atoms with Crippen LogP contribution in [-0.4, -0.2) is 26.4 Å². The van der Waals surface area contributed by atoms with Crippen molar-refractivity contribution in [2.75, 3.05) is 11.1 Å². The van der Waals surface area contributed by atoms with Crippen molar-refractivity contribution in [3.8, 4) is 17.3 Å². The van der Waals surface area contributed by atoms with Crippen LogP contribution >= 0.6 is 11.8 Å². The predicted octanol–water partition coefficient (Wildman–Crippen LogP) is 4.71. The smallest absolute Gasteiger partial charge is 0.234 e. The maximum atomic E-state index is 13.3. The normalized spacial score (nSPS) is 10.8. The SMILES string of the molecule is Cc1ccc(-n2c(SCC(=O)Nc3cccc(F)c3)nnc2-c2ccco2)cc1. The average molecular weight is 408 g/mol. The fourth-order valence-electron chi connectivity index (χ4n) is 2.75. The molecule has 0 radical (unpaired) electrons. The van der Waals surface area contributed by atoms with Crippen molar-refractivity contribution in [2.45, 2.75) is 12.1 Å². The van der Waals surface area contributed by atoms with Crippen LogP contribution in [0.15, 0.2) is 76.5 Å². The van der Waals surface area contributed by atoms with E-state index < -0.39 is 5.82 Å². The molecule has 0 unspecified atom stereocenters. The largest absolute Gasteiger partial charge is 0.461 e. The minimum absolute atomic E-state index is 0.0959. The summed E-state index contributed by atoms with van der Waals surface area (Å²) < 4.78 is 20.6. The van der Waals surface area contributed by atoms with E-state index in [0.29, 0.717) is 22.4 Å². The van der Waals surface area contributed by atoms with E-state index >= 15 is 0 Å². The molecule has 1 amide bonds. The number of benzene rings is 2. The summed E-state index contributed by atoms with van der Waals surface area (Å²) in [5.41, 5.74) is 2.40. The summed E-state index contributed by atoms with van der Waals surface area (Å²) in [7, 11) is 0. The van der Waals surface area contributed by atoms with Gasteiger partial charge in [0.05, 0.1) is 12.0 Å². The van der Waals surface area contributed by atoms with Gasteiger partial charge >= 0.3 is 0 Å². The van der Waals surface area contributed by atoms with Crippen LogP contribution < -0.4 is 5.32 Å². The van der Waals surface area contributed by atoms with Gasteiger partial charge in [0, 0.05) is 11.4 Å². The molecule has 0 atom stereocenters. The highest BCUT2D eigenvalue weighted by Gasteiger charge is 2.19. The predicted molar refractivity (Wildman–Crippen MR) is 110 cm³/mol. The van der Waals surface area contributed by atoms with Gasteiger partial charge in [-0.05, 0) is 49.4 Å². The number of hydrogen-bond donors (Lipinski definition) is 1. The van der Waals surface area contributed by atoms with E-state index in [0.717, 1.165) is 11.3 Å². The molecule has 8 heteroatoms. The van der Waals surface area contributed by atoms with Gasteiger partial charge < -0.3 is 9.73 Å². The van der Waals surface area contributed by atoms with Gasteiger partial charge in [0.1, 0.15) is 5.82 Å². The molecule has 0 spiro atoms. The minimum atomic E-state index is -0.405. The number of halogens is 1. The van der Waals surface area contributed by atoms with Crippen LogP contribution in [-0.2, 0) is 4.79 Å². The quantitative estimate of drug-likeness (QED) is 0.468. The van der Waals surface area contributed by atoms with Crippen LogP contribution in [0.25, 0.3) is 17.3 Å². The third kappa shape index (κ3) is 4.38. The molecule has 6 nitrogen and oxygen atoms in total. The van der Waals surface area contributed by atoms with Crippen molar-refractivity contribution in [1.29, 1.82) is 0 Å². The van der Waals surface area contributed by atoms with Crippen LogP contribution in [0.1, 0.15) is 5.56 Å². The number of hydrogen-bond acceptors (Lipinski definition) is 5. The number of aromatic nitrogens is 3. The fraction of sp³-hybridized carbons (Fsp3) is 0.0952. The Balaban J connectivity index is 1.57. The number of carbonyl (C=O) groups excluding carboxylic acids is 1. The van der Waals surface area contributed by atoms with E-state index in [2.05, 4.69) is 15.5 Å². The highest BCUT2D eigenvalue weighted by Crippen LogP contribution is 2.28. The van der Waals surface area contributed by atoms with E-state index in [1.165, 1.54) is 23.9 Å². The lowest BCUT2D eigenvalue weighted by Gasteiger charge is -2.10. The summed E-state index contributed by atoms with van der Waals surface area (Å²) in [5.74, 6) is 0.552. The molecular weight excluding hydrogens is 391 g/mol. The van der Waals surface area contributed by atoms with Crippen LogP contribution in [0, 0.1) is 12.7 Å². The molecule has 0 bridgehead atoms. The zero-order valence-electron chi connectivity index (χ0n) is 15.5. The molecule has 146 valence electrons. The lowest BCUT2D eigenvalue weighted by molar-refractivity contribution is -0.113. The van der Waals surface area contributed by atoms with Gasteiger partial charge in [-0.2, -0.15) is 0 Å². The average Bonchev–Trinajstić information content (AvgIpc) is 3.37. The van der Waals surface area contributed by atoms with Crippen LogP contribution in [0.4, 0.5) is 10.1 Å². The molecule has 4 aromatic rings. The molecule has 0 saturated carbocycles. The van der Waals surface area contributed by atoms with Crippen LogP contribution in [0.3, 0.4) is 0 Å². The van der Waals surface area contributed by atoms with E-state index in [4.69, 9.17) is 4.42 Å². The monoisotopic (exact) mass is 408 g/mol. The maximum Gasteiger partial charge on any atom is 0.234 e. The molecular formula is C21H17FN4O2S. The number of thioether (sulfide) groups is 1. The van der Waals surface area contributed by atoms with Crippen LogP contribution in [0.2, 0.25) is 0 Å². The second kappa shape index (κ2) is 8.32. The lowest BCUT2D eigenvalue weighted by Crippen LogP contribution is -2.14. The van der Waals surface area contributed by atoms with Crippen molar-refractivity contribution < 1.29 is 13.6 Å². The second-order valence-corrected chi connectivity index (χ2v) is 7.24. The summed E-state index contributed by atoms with van der Waals surface area (Å²) in [6.07, 6.45) is 1.57. The minimum Gasteiger partial charge on any atom is -0.461 e. The van der Waals surface area contributed by atoms with Gasteiger partial charge in [0.2, 0.25) is 11.7 Å². The molecule has 2 heterocycles. The first kappa shape index (κ1) is 18.9. The molecule has 2 aromatic carbocycles. The number of amides is 1. The number of rotatable bonds is 6. The summed E-state index contributed by atoms with van der Waals surface area (Å²) in [4.78, 5) is 12.3. The van der Waals surface area contributed by atoms with Gasteiger partial charge in [-0.25, -0.2) is 4.39 Å². The fourth-order valence-corrected chi connectivity index (χ4v) is 3.50. The first-order valence-corrected chi connectivity index (χ1v) is 9.83. The summed E-state index contributed by atoms with van der Waals surface area (Å²) in [5, 5.41) is 11.7. The summed E-state index contributed by atoms with van der Waals surface area (Å²) in [6.45, 7) is 2.01. The third-order valence-corrected chi connectivity index (χ3v) is 5.04. The molecule has 0 aliphatic rings. The van der Waals surface area contributed by atoms with E-state index in [1.54, 1.807) is 30.5 Å². The molecule has 29 heavy (non-hydrogen) atoms. The molecule has 1 N–H and O–H groups in total. The molecule has 0 aliphatic heterocycles. The Morgan fingerprint density at radius 2 is 1.97 bits per heavy atom. The molecule has 0 aliphatic carbocycles. The maximum absolute atomic E-state index is 13.3. The van der Waals surface area contributed by atoms with E-state index in [-0.39, 0.29) is 11.7 Å². The highest BCUT2D eigenvalue weighted by atomic mass is 32.2. The summed E-state index contributed by atoms with van der Waals surface area (Å²) in [6, 6.07) is 17.3. The second-order valence-electron chi connectivity index (χ2n) is 6.30. The molecule has 2 aromatic heterocycles. The zero-order valence-corrected chi connectivity index (χ0v) is 16.3. The number of furan rings is 1. The van der Waals surface area contributed by atoms with Crippen LogP contribution in [0.5, 0.6) is 0 Å². The van der Waals surface area contributed by atoms with E-state index in [1.807, 2.05) is 35.8 Å². The zero-order chi connectivity index (χ0) is 20.2. The molecule has 4 rings (SSSR count). The standard InChI is InChI=1S/C21H17FN4O2S/c1-14-7-9-17(10-8-14)26-20(18-6-3-11-28-18)24-25-21(26)29-13-19(27)23-16-5-2-4-15(22)12-16/h2-12H,13H2,1H3,(H,23,27). The van der Waals surface area contributed by atoms with Crippen molar-refractivity contribution >= 4 is 23.4 Å². The number of nitrogens with zero attached hydrogens (tertiary/aromatic N) is 3. The number of nitrogens with one attached hydrogen (secondary N) is 1. The lowest BCUT2D eigenvalue weighted by atomic mass is 10.2. The van der Waals surface area contributed by atoms with E-state index in [9.17, 15) is 9.18 Å². The first-order valence-electron chi connectivity index (χ1n) is 8.85. The number of carbonyl (C=O) groups is 1.